The number of benzene rings is 1. The van der Waals surface area contributed by atoms with E-state index in [1.165, 1.54) is 16.4 Å². The Morgan fingerprint density at radius 1 is 1.12 bits per heavy atom. The largest absolute Gasteiger partial charge is 0.461 e. The minimum Gasteiger partial charge on any atom is -0.461 e. The van der Waals surface area contributed by atoms with E-state index in [0.717, 1.165) is 5.69 Å². The van der Waals surface area contributed by atoms with Gasteiger partial charge in [-0.2, -0.15) is 0 Å². The fraction of sp³-hybridized carbons (Fsp3) is 0.0625. The Morgan fingerprint density at radius 2 is 2.00 bits per heavy atom. The van der Waals surface area contributed by atoms with Crippen LogP contribution in [0, 0.1) is 0 Å². The molecule has 2 N–H and O–H groups in total. The maximum absolute atomic E-state index is 6.21. The number of hydrogen-bond acceptors (Lipinski definition) is 7. The minimum absolute atomic E-state index is 0.450. The molecule has 1 aromatic carbocycles. The van der Waals surface area contributed by atoms with Crippen LogP contribution in [0.2, 0.25) is 10.0 Å². The number of rotatable bonds is 5. The number of thioether (sulfide) groups is 1. The molecular weight excluding hydrogens is 397 g/mol. The molecule has 132 valence electrons. The third-order valence-electron chi connectivity index (χ3n) is 3.51. The maximum atomic E-state index is 6.21. The summed E-state index contributed by atoms with van der Waals surface area (Å²) in [6.45, 7) is 0. The van der Waals surface area contributed by atoms with Crippen molar-refractivity contribution in [2.45, 2.75) is 10.9 Å². The Labute approximate surface area is 162 Å². The zero-order valence-corrected chi connectivity index (χ0v) is 15.4. The van der Waals surface area contributed by atoms with E-state index in [-0.39, 0.29) is 0 Å². The molecule has 3 aromatic heterocycles. The van der Waals surface area contributed by atoms with Crippen molar-refractivity contribution < 1.29 is 8.94 Å². The van der Waals surface area contributed by atoms with E-state index in [1.54, 1.807) is 42.7 Å². The van der Waals surface area contributed by atoms with Crippen LogP contribution < -0.4 is 5.84 Å². The summed E-state index contributed by atoms with van der Waals surface area (Å²) in [7, 11) is 0. The van der Waals surface area contributed by atoms with Crippen LogP contribution in [0.1, 0.15) is 5.69 Å². The van der Waals surface area contributed by atoms with Gasteiger partial charge in [-0.05, 0) is 30.3 Å². The van der Waals surface area contributed by atoms with Crippen LogP contribution in [0.25, 0.3) is 22.9 Å². The highest BCUT2D eigenvalue weighted by atomic mass is 35.5. The van der Waals surface area contributed by atoms with Gasteiger partial charge in [-0.3, -0.25) is 0 Å². The van der Waals surface area contributed by atoms with E-state index in [9.17, 15) is 0 Å². The second-order valence-electron chi connectivity index (χ2n) is 5.25. The highest BCUT2D eigenvalue weighted by molar-refractivity contribution is 7.98. The molecular formula is C16H11Cl2N5O2S. The standard InChI is InChI=1S/C16H11Cl2N5O2S/c17-9-3-4-11(12(18)6-9)15-20-21-16(23(15)19)26-8-10-7-14(25-22-10)13-2-1-5-24-13/h1-7H,8,19H2. The molecule has 0 saturated heterocycles. The molecule has 4 aromatic rings. The van der Waals surface area contributed by atoms with Gasteiger partial charge in [0.1, 0.15) is 0 Å². The first-order valence-electron chi connectivity index (χ1n) is 7.40. The molecule has 0 fully saturated rings. The van der Waals surface area contributed by atoms with Gasteiger partial charge in [0, 0.05) is 22.4 Å². The summed E-state index contributed by atoms with van der Waals surface area (Å²) in [5.41, 5.74) is 1.38. The first-order chi connectivity index (χ1) is 12.6. The van der Waals surface area contributed by atoms with Crippen molar-refractivity contribution in [3.8, 4) is 22.9 Å². The number of nitrogens with two attached hydrogens (primary N) is 1. The average Bonchev–Trinajstić information content (AvgIpc) is 3.34. The molecule has 0 atom stereocenters. The molecule has 0 unspecified atom stereocenters. The number of halogens is 2. The van der Waals surface area contributed by atoms with Crippen molar-refractivity contribution in [3.05, 3.63) is 58.4 Å². The summed E-state index contributed by atoms with van der Waals surface area (Å²) in [5.74, 6) is 8.25. The molecule has 0 aliphatic carbocycles. The van der Waals surface area contributed by atoms with Gasteiger partial charge in [-0.1, -0.05) is 40.1 Å². The van der Waals surface area contributed by atoms with Crippen LogP contribution in [-0.4, -0.2) is 20.0 Å². The van der Waals surface area contributed by atoms with Crippen molar-refractivity contribution in [2.24, 2.45) is 0 Å². The highest BCUT2D eigenvalue weighted by Crippen LogP contribution is 2.31. The van der Waals surface area contributed by atoms with Crippen LogP contribution >= 0.6 is 35.0 Å². The van der Waals surface area contributed by atoms with Gasteiger partial charge in [0.2, 0.25) is 10.9 Å². The number of furan rings is 1. The van der Waals surface area contributed by atoms with E-state index in [0.29, 0.717) is 43.9 Å². The Hall–Kier alpha value is -2.42. The van der Waals surface area contributed by atoms with E-state index in [2.05, 4.69) is 15.4 Å². The molecule has 7 nitrogen and oxygen atoms in total. The first-order valence-corrected chi connectivity index (χ1v) is 9.14. The zero-order valence-electron chi connectivity index (χ0n) is 13.1. The molecule has 26 heavy (non-hydrogen) atoms. The summed E-state index contributed by atoms with van der Waals surface area (Å²) in [4.78, 5) is 0. The van der Waals surface area contributed by atoms with Crippen LogP contribution in [-0.2, 0) is 5.75 Å². The second kappa shape index (κ2) is 7.06. The van der Waals surface area contributed by atoms with Crippen molar-refractivity contribution in [3.63, 3.8) is 0 Å². The van der Waals surface area contributed by atoms with Crippen LogP contribution in [0.3, 0.4) is 0 Å². The predicted octanol–water partition coefficient (Wildman–Crippen LogP) is 4.51. The molecule has 0 amide bonds. The fourth-order valence-electron chi connectivity index (χ4n) is 2.28. The Balaban J connectivity index is 1.50. The topological polar surface area (TPSA) is 95.9 Å². The third-order valence-corrected chi connectivity index (χ3v) is 5.03. The van der Waals surface area contributed by atoms with Gasteiger partial charge < -0.3 is 14.8 Å². The van der Waals surface area contributed by atoms with Gasteiger partial charge in [0.05, 0.1) is 17.0 Å². The molecule has 4 rings (SSSR count). The summed E-state index contributed by atoms with van der Waals surface area (Å²) >= 11 is 13.5. The first kappa shape index (κ1) is 17.0. The van der Waals surface area contributed by atoms with Crippen LogP contribution in [0.15, 0.2) is 56.8 Å². The number of nitrogen functional groups attached to an aromatic ring is 1. The zero-order chi connectivity index (χ0) is 18.1. The highest BCUT2D eigenvalue weighted by Gasteiger charge is 2.16. The average molecular weight is 408 g/mol. The summed E-state index contributed by atoms with van der Waals surface area (Å²) in [6, 6.07) is 10.5. The quantitative estimate of drug-likeness (QED) is 0.384. The van der Waals surface area contributed by atoms with Gasteiger partial charge >= 0.3 is 0 Å². The molecule has 0 aliphatic heterocycles. The molecule has 0 spiro atoms. The number of aromatic nitrogens is 4. The monoisotopic (exact) mass is 407 g/mol. The van der Waals surface area contributed by atoms with Crippen LogP contribution in [0.5, 0.6) is 0 Å². The van der Waals surface area contributed by atoms with Crippen molar-refractivity contribution in [1.82, 2.24) is 20.0 Å². The molecule has 10 heteroatoms. The van der Waals surface area contributed by atoms with Gasteiger partial charge in [0.15, 0.2) is 11.6 Å². The number of nitrogens with zero attached hydrogens (tertiary/aromatic N) is 4. The Kier molecular flexibility index (Phi) is 4.62. The van der Waals surface area contributed by atoms with E-state index in [1.807, 2.05) is 0 Å². The van der Waals surface area contributed by atoms with E-state index < -0.39 is 0 Å². The van der Waals surface area contributed by atoms with Gasteiger partial charge in [-0.15, -0.1) is 10.2 Å². The van der Waals surface area contributed by atoms with Gasteiger partial charge in [-0.25, -0.2) is 4.68 Å². The normalized spacial score (nSPS) is 11.2. The van der Waals surface area contributed by atoms with Crippen LogP contribution in [0.4, 0.5) is 0 Å². The lowest BCUT2D eigenvalue weighted by atomic mass is 10.2. The van der Waals surface area contributed by atoms with Gasteiger partial charge in [0.25, 0.3) is 0 Å². The summed E-state index contributed by atoms with van der Waals surface area (Å²) < 4.78 is 11.9. The lowest BCUT2D eigenvalue weighted by Crippen LogP contribution is -2.11. The fourth-order valence-corrected chi connectivity index (χ4v) is 3.51. The lowest BCUT2D eigenvalue weighted by molar-refractivity contribution is 0.413. The van der Waals surface area contributed by atoms with Crippen molar-refractivity contribution in [1.29, 1.82) is 0 Å². The van der Waals surface area contributed by atoms with Crippen molar-refractivity contribution >= 4 is 35.0 Å². The molecule has 0 saturated carbocycles. The SMILES string of the molecule is Nn1c(SCc2cc(-c3ccco3)on2)nnc1-c1ccc(Cl)cc1Cl. The lowest BCUT2D eigenvalue weighted by Gasteiger charge is -2.05. The summed E-state index contributed by atoms with van der Waals surface area (Å²) in [5, 5.41) is 13.8. The molecule has 0 bridgehead atoms. The second-order valence-corrected chi connectivity index (χ2v) is 7.03. The maximum Gasteiger partial charge on any atom is 0.210 e. The predicted molar refractivity (Wildman–Crippen MR) is 99.4 cm³/mol. The molecule has 0 radical (unpaired) electrons. The Morgan fingerprint density at radius 3 is 2.77 bits per heavy atom. The van der Waals surface area contributed by atoms with E-state index in [4.69, 9.17) is 38.0 Å². The smallest absolute Gasteiger partial charge is 0.210 e. The molecule has 3 heterocycles. The molecule has 0 aliphatic rings. The third kappa shape index (κ3) is 3.31. The number of hydrogen-bond donors (Lipinski definition) is 1. The van der Waals surface area contributed by atoms with E-state index >= 15 is 0 Å². The summed E-state index contributed by atoms with van der Waals surface area (Å²) in [6.07, 6.45) is 1.58. The minimum atomic E-state index is 0.450. The van der Waals surface area contributed by atoms with Crippen molar-refractivity contribution in [2.75, 3.05) is 5.84 Å². The Bertz CT molecular complexity index is 1050.